The molecule has 3 heterocycles. The molecule has 0 aromatic carbocycles. The van der Waals surface area contributed by atoms with E-state index in [1.165, 1.54) is 12.5 Å². The molecule has 10 nitrogen and oxygen atoms in total. The van der Waals surface area contributed by atoms with E-state index in [1.54, 1.807) is 0 Å². The molecule has 182 valence electrons. The van der Waals surface area contributed by atoms with Gasteiger partial charge in [-0.25, -0.2) is 19.9 Å². The Morgan fingerprint density at radius 1 is 1.26 bits per heavy atom. The van der Waals surface area contributed by atoms with Crippen LogP contribution in [0.2, 0.25) is 5.02 Å². The third kappa shape index (κ3) is 6.28. The number of hydrogen-bond donors (Lipinski definition) is 4. The van der Waals surface area contributed by atoms with Crippen LogP contribution in [0, 0.1) is 0 Å². The van der Waals surface area contributed by atoms with E-state index < -0.39 is 28.9 Å². The number of nitrogens with one attached hydrogen (secondary N) is 2. The molecule has 0 saturated carbocycles. The van der Waals surface area contributed by atoms with E-state index in [9.17, 15) is 23.1 Å². The number of nitrogens with zero attached hydrogens (tertiary/aromatic N) is 5. The number of thiazole rings is 1. The summed E-state index contributed by atoms with van der Waals surface area (Å²) in [4.78, 5) is 30.6. The van der Waals surface area contributed by atoms with Gasteiger partial charge in [-0.05, 0) is 20.2 Å². The second-order valence-corrected chi connectivity index (χ2v) is 8.81. The summed E-state index contributed by atoms with van der Waals surface area (Å²) in [5.41, 5.74) is 5.42. The van der Waals surface area contributed by atoms with Gasteiger partial charge < -0.3 is 26.4 Å². The minimum absolute atomic E-state index is 0.0267. The van der Waals surface area contributed by atoms with Crippen molar-refractivity contribution in [2.75, 3.05) is 25.1 Å². The van der Waals surface area contributed by atoms with Gasteiger partial charge in [-0.15, -0.1) is 11.3 Å². The molecular weight excluding hydrogens is 497 g/mol. The summed E-state index contributed by atoms with van der Waals surface area (Å²) < 4.78 is 39.0. The zero-order chi connectivity index (χ0) is 25.0. The molecule has 0 radical (unpaired) electrons. The number of anilines is 2. The van der Waals surface area contributed by atoms with Crippen molar-refractivity contribution in [3.63, 3.8) is 0 Å². The van der Waals surface area contributed by atoms with Crippen LogP contribution in [0.25, 0.3) is 0 Å². The number of alkyl halides is 3. The van der Waals surface area contributed by atoms with Crippen molar-refractivity contribution in [1.29, 1.82) is 0 Å². The van der Waals surface area contributed by atoms with Crippen LogP contribution in [0.5, 0.6) is 0 Å². The van der Waals surface area contributed by atoms with E-state index in [0.29, 0.717) is 28.1 Å². The van der Waals surface area contributed by atoms with Crippen LogP contribution in [-0.4, -0.2) is 49.9 Å². The molecule has 3 aromatic heterocycles. The first kappa shape index (κ1) is 25.6. The Hall–Kier alpha value is -3.07. The fraction of sp³-hybridized carbons (Fsp3) is 0.316. The van der Waals surface area contributed by atoms with Gasteiger partial charge in [0.25, 0.3) is 5.91 Å². The van der Waals surface area contributed by atoms with Crippen molar-refractivity contribution >= 4 is 40.5 Å². The minimum atomic E-state index is -4.67. The highest BCUT2D eigenvalue weighted by Gasteiger charge is 2.34. The van der Waals surface area contributed by atoms with Gasteiger partial charge in [0.2, 0.25) is 0 Å². The summed E-state index contributed by atoms with van der Waals surface area (Å²) in [6, 6.07) is 0.701. The Bertz CT molecular complexity index is 1170. The lowest BCUT2D eigenvalue weighted by molar-refractivity contribution is -0.137. The number of aromatic nitrogens is 4. The zero-order valence-electron chi connectivity index (χ0n) is 17.9. The Labute approximate surface area is 201 Å². The minimum Gasteiger partial charge on any atom is -0.383 e. The number of rotatable bonds is 8. The molecule has 0 aliphatic rings. The standard InChI is InChI=1S/C19H20ClF3N8O2S/c1-31(2)7-9-15(28-8-29-16(9)24)18(33)27-6-14-26-5-12(34-14)17(32)30-13-3-10(19(21,22)23)11(20)4-25-13/h3-5,8,17,32H,6-7H2,1-2H3,(H,25,30)(H,27,33)(H2,24,28,29). The highest BCUT2D eigenvalue weighted by Crippen LogP contribution is 2.36. The summed E-state index contributed by atoms with van der Waals surface area (Å²) in [7, 11) is 3.63. The maximum absolute atomic E-state index is 13.0. The van der Waals surface area contributed by atoms with Crippen LogP contribution in [0.3, 0.4) is 0 Å². The van der Waals surface area contributed by atoms with Gasteiger partial charge in [-0.3, -0.25) is 4.79 Å². The van der Waals surface area contributed by atoms with Crippen molar-refractivity contribution in [3.8, 4) is 0 Å². The molecule has 1 unspecified atom stereocenters. The molecule has 0 aliphatic carbocycles. The SMILES string of the molecule is CN(C)Cc1c(N)ncnc1C(=O)NCc1ncc(C(O)Nc2cc(C(F)(F)F)c(Cl)cn2)s1. The Morgan fingerprint density at radius 3 is 2.68 bits per heavy atom. The highest BCUT2D eigenvalue weighted by molar-refractivity contribution is 7.11. The van der Waals surface area contributed by atoms with Crippen LogP contribution >= 0.6 is 22.9 Å². The first-order chi connectivity index (χ1) is 16.0. The number of amides is 1. The summed E-state index contributed by atoms with van der Waals surface area (Å²) in [6.07, 6.45) is -2.67. The quantitative estimate of drug-likeness (QED) is 0.332. The molecule has 0 fully saturated rings. The Balaban J connectivity index is 1.65. The molecule has 34 heavy (non-hydrogen) atoms. The lowest BCUT2D eigenvalue weighted by atomic mass is 10.2. The fourth-order valence-electron chi connectivity index (χ4n) is 2.81. The van der Waals surface area contributed by atoms with E-state index in [1.807, 2.05) is 19.0 Å². The fourth-order valence-corrected chi connectivity index (χ4v) is 3.82. The van der Waals surface area contributed by atoms with E-state index in [4.69, 9.17) is 17.3 Å². The van der Waals surface area contributed by atoms with Gasteiger partial charge >= 0.3 is 6.18 Å². The number of aliphatic hydroxyl groups is 1. The molecule has 1 atom stereocenters. The summed E-state index contributed by atoms with van der Waals surface area (Å²) in [5.74, 6) is -0.502. The van der Waals surface area contributed by atoms with Crippen LogP contribution in [0.1, 0.15) is 37.7 Å². The van der Waals surface area contributed by atoms with E-state index in [0.717, 1.165) is 17.5 Å². The van der Waals surface area contributed by atoms with Gasteiger partial charge in [-0.2, -0.15) is 13.2 Å². The van der Waals surface area contributed by atoms with Gasteiger partial charge in [0.05, 0.1) is 22.0 Å². The van der Waals surface area contributed by atoms with Crippen LogP contribution < -0.4 is 16.4 Å². The second-order valence-electron chi connectivity index (χ2n) is 7.26. The molecule has 5 N–H and O–H groups in total. The topological polar surface area (TPSA) is 142 Å². The monoisotopic (exact) mass is 516 g/mol. The molecule has 0 bridgehead atoms. The number of pyridine rings is 1. The smallest absolute Gasteiger partial charge is 0.383 e. The molecule has 0 spiro atoms. The molecule has 3 aromatic rings. The van der Waals surface area contributed by atoms with Crippen LogP contribution in [0.4, 0.5) is 24.8 Å². The number of halogens is 4. The molecular formula is C19H20ClF3N8O2S. The van der Waals surface area contributed by atoms with Crippen molar-refractivity contribution in [3.05, 3.63) is 56.5 Å². The van der Waals surface area contributed by atoms with Gasteiger partial charge in [-0.1, -0.05) is 11.6 Å². The third-order valence-corrected chi connectivity index (χ3v) is 5.71. The molecule has 0 aliphatic heterocycles. The second kappa shape index (κ2) is 10.5. The molecule has 1 amide bonds. The third-order valence-electron chi connectivity index (χ3n) is 4.35. The van der Waals surface area contributed by atoms with Crippen molar-refractivity contribution in [2.24, 2.45) is 0 Å². The Morgan fingerprint density at radius 2 is 2.00 bits per heavy atom. The lowest BCUT2D eigenvalue weighted by Gasteiger charge is -2.14. The largest absolute Gasteiger partial charge is 0.418 e. The zero-order valence-corrected chi connectivity index (χ0v) is 19.5. The van der Waals surface area contributed by atoms with Crippen molar-refractivity contribution in [1.82, 2.24) is 30.2 Å². The van der Waals surface area contributed by atoms with Gasteiger partial charge in [0, 0.05) is 24.5 Å². The predicted molar refractivity (Wildman–Crippen MR) is 120 cm³/mol. The van der Waals surface area contributed by atoms with Gasteiger partial charge in [0.15, 0.2) is 6.23 Å². The predicted octanol–water partition coefficient (Wildman–Crippen LogP) is 2.68. The van der Waals surface area contributed by atoms with Crippen molar-refractivity contribution in [2.45, 2.75) is 25.5 Å². The first-order valence-corrected chi connectivity index (χ1v) is 10.8. The number of nitrogen functional groups attached to an aromatic ring is 1. The first-order valence-electron chi connectivity index (χ1n) is 9.60. The molecule has 3 rings (SSSR count). The number of nitrogens with two attached hydrogens (primary N) is 1. The maximum Gasteiger partial charge on any atom is 0.418 e. The molecule has 0 saturated heterocycles. The lowest BCUT2D eigenvalue weighted by Crippen LogP contribution is -2.27. The van der Waals surface area contributed by atoms with Gasteiger partial charge in [0.1, 0.15) is 28.7 Å². The van der Waals surface area contributed by atoms with Crippen molar-refractivity contribution < 1.29 is 23.1 Å². The Kier molecular flexibility index (Phi) is 7.86. The summed E-state index contributed by atoms with van der Waals surface area (Å²) >= 11 is 6.60. The summed E-state index contributed by atoms with van der Waals surface area (Å²) in [5, 5.41) is 15.4. The van der Waals surface area contributed by atoms with Crippen LogP contribution in [0.15, 0.2) is 24.8 Å². The van der Waals surface area contributed by atoms with E-state index >= 15 is 0 Å². The normalized spacial score (nSPS) is 12.6. The molecule has 15 heteroatoms. The van der Waals surface area contributed by atoms with E-state index in [2.05, 4.69) is 30.6 Å². The maximum atomic E-state index is 13.0. The highest BCUT2D eigenvalue weighted by atomic mass is 35.5. The number of aliphatic hydroxyl groups excluding tert-OH is 1. The number of hydrogen-bond acceptors (Lipinski definition) is 10. The number of carbonyl (C=O) groups is 1. The average molecular weight is 517 g/mol. The van der Waals surface area contributed by atoms with Crippen LogP contribution in [-0.2, 0) is 19.3 Å². The average Bonchev–Trinajstić information content (AvgIpc) is 3.23. The van der Waals surface area contributed by atoms with E-state index in [-0.39, 0.29) is 23.9 Å². The number of carbonyl (C=O) groups excluding carboxylic acids is 1. The summed E-state index contributed by atoms with van der Waals surface area (Å²) in [6.45, 7) is 0.391.